The minimum atomic E-state index is -0.803. The monoisotopic (exact) mass is 366 g/mol. The van der Waals surface area contributed by atoms with Crippen LogP contribution in [0.25, 0.3) is 11.3 Å². The van der Waals surface area contributed by atoms with Crippen molar-refractivity contribution in [2.45, 2.75) is 68.3 Å². The van der Waals surface area contributed by atoms with E-state index in [4.69, 9.17) is 0 Å². The average Bonchev–Trinajstić information content (AvgIpc) is 3.14. The van der Waals surface area contributed by atoms with Crippen molar-refractivity contribution in [3.63, 3.8) is 0 Å². The number of nitrogens with zero attached hydrogens (tertiary/aromatic N) is 2. The summed E-state index contributed by atoms with van der Waals surface area (Å²) in [6, 6.07) is 8.41. The Hall–Kier alpha value is -1.69. The van der Waals surface area contributed by atoms with Crippen LogP contribution in [-0.2, 0) is 0 Å². The highest BCUT2D eigenvalue weighted by Gasteiger charge is 2.64. The quantitative estimate of drug-likeness (QED) is 0.780. The average molecular weight is 366 g/mol. The van der Waals surface area contributed by atoms with Gasteiger partial charge in [-0.3, -0.25) is 0 Å². The van der Waals surface area contributed by atoms with Crippen molar-refractivity contribution in [3.05, 3.63) is 42.4 Å². The Morgan fingerprint density at radius 2 is 1.81 bits per heavy atom. The van der Waals surface area contributed by atoms with Crippen LogP contribution in [0.4, 0.5) is 0 Å². The summed E-state index contributed by atoms with van der Waals surface area (Å²) >= 11 is 0. The van der Waals surface area contributed by atoms with E-state index in [0.29, 0.717) is 31.6 Å². The van der Waals surface area contributed by atoms with Crippen molar-refractivity contribution in [2.75, 3.05) is 0 Å². The Bertz CT molecular complexity index is 904. The largest absolute Gasteiger partial charge is 0.392 e. The number of aliphatic hydroxyl groups is 3. The second kappa shape index (κ2) is 5.02. The lowest BCUT2D eigenvalue weighted by molar-refractivity contribution is -0.252. The molecule has 0 radical (unpaired) electrons. The molecule has 4 fully saturated rings. The predicted molar refractivity (Wildman–Crippen MR) is 100.0 cm³/mol. The number of benzene rings is 1. The summed E-state index contributed by atoms with van der Waals surface area (Å²) in [5.74, 6) is 0.325. The van der Waals surface area contributed by atoms with Crippen LogP contribution in [0, 0.1) is 11.3 Å². The molecule has 2 unspecified atom stereocenters. The van der Waals surface area contributed by atoms with Gasteiger partial charge in [0.15, 0.2) is 0 Å². The molecule has 4 aliphatic carbocycles. The lowest BCUT2D eigenvalue weighted by atomic mass is 9.44. The molecule has 0 saturated heterocycles. The number of fused-ring (bicyclic) bond motifs is 3. The molecule has 4 saturated carbocycles. The SMILES string of the molecule is O[C@@H](C[C@H]1c2ccccc2-c2cncn21)C12CC3CC(O)(CC(O)(C3)C1)C2. The first-order chi connectivity index (χ1) is 12.9. The van der Waals surface area contributed by atoms with Crippen molar-refractivity contribution in [1.82, 2.24) is 9.55 Å². The summed E-state index contributed by atoms with van der Waals surface area (Å²) in [6.07, 6.45) is 7.98. The molecule has 1 aliphatic heterocycles. The van der Waals surface area contributed by atoms with Crippen LogP contribution in [0.1, 0.15) is 56.6 Å². The molecule has 27 heavy (non-hydrogen) atoms. The van der Waals surface area contributed by atoms with Crippen LogP contribution in [0.3, 0.4) is 0 Å². The summed E-state index contributed by atoms with van der Waals surface area (Å²) in [6.45, 7) is 0. The van der Waals surface area contributed by atoms with Crippen LogP contribution >= 0.6 is 0 Å². The van der Waals surface area contributed by atoms with E-state index >= 15 is 0 Å². The van der Waals surface area contributed by atoms with Gasteiger partial charge in [0.1, 0.15) is 0 Å². The maximum atomic E-state index is 11.4. The summed E-state index contributed by atoms with van der Waals surface area (Å²) < 4.78 is 2.16. The summed E-state index contributed by atoms with van der Waals surface area (Å²) in [4.78, 5) is 4.32. The third-order valence-corrected chi connectivity index (χ3v) is 7.80. The van der Waals surface area contributed by atoms with Crippen molar-refractivity contribution < 1.29 is 15.3 Å². The molecule has 0 amide bonds. The molecular weight excluding hydrogens is 340 g/mol. The number of hydrogen-bond acceptors (Lipinski definition) is 4. The van der Waals surface area contributed by atoms with Crippen LogP contribution in [0.5, 0.6) is 0 Å². The van der Waals surface area contributed by atoms with Gasteiger partial charge in [-0.25, -0.2) is 4.98 Å². The van der Waals surface area contributed by atoms with Crippen LogP contribution in [0.2, 0.25) is 0 Å². The molecule has 7 rings (SSSR count). The third-order valence-electron chi connectivity index (χ3n) is 7.80. The first-order valence-corrected chi connectivity index (χ1v) is 10.1. The van der Waals surface area contributed by atoms with Gasteiger partial charge < -0.3 is 19.9 Å². The van der Waals surface area contributed by atoms with Crippen molar-refractivity contribution in [2.24, 2.45) is 11.3 Å². The predicted octanol–water partition coefficient (Wildman–Crippen LogP) is 2.65. The zero-order chi connectivity index (χ0) is 18.4. The molecule has 1 aromatic heterocycles. The van der Waals surface area contributed by atoms with Crippen molar-refractivity contribution in [3.8, 4) is 11.3 Å². The third kappa shape index (κ3) is 2.19. The Kier molecular flexibility index (Phi) is 3.03. The van der Waals surface area contributed by atoms with Gasteiger partial charge in [-0.05, 0) is 50.0 Å². The zero-order valence-electron chi connectivity index (χ0n) is 15.4. The van der Waals surface area contributed by atoms with E-state index < -0.39 is 17.3 Å². The van der Waals surface area contributed by atoms with Crippen LogP contribution < -0.4 is 0 Å². The molecule has 3 N–H and O–H groups in total. The maximum Gasteiger partial charge on any atom is 0.0956 e. The van der Waals surface area contributed by atoms with E-state index in [1.54, 1.807) is 0 Å². The van der Waals surface area contributed by atoms with Gasteiger partial charge in [0, 0.05) is 17.4 Å². The molecule has 4 bridgehead atoms. The van der Waals surface area contributed by atoms with Crippen molar-refractivity contribution >= 4 is 0 Å². The second-order valence-corrected chi connectivity index (χ2v) is 9.86. The van der Waals surface area contributed by atoms with Crippen LogP contribution in [0.15, 0.2) is 36.8 Å². The van der Waals surface area contributed by atoms with Gasteiger partial charge in [0.2, 0.25) is 0 Å². The van der Waals surface area contributed by atoms with E-state index in [-0.39, 0.29) is 11.5 Å². The second-order valence-electron chi connectivity index (χ2n) is 9.86. The van der Waals surface area contributed by atoms with E-state index in [1.807, 2.05) is 24.7 Å². The Labute approximate surface area is 158 Å². The molecule has 1 aromatic carbocycles. The number of aliphatic hydroxyl groups excluding tert-OH is 1. The molecule has 2 aromatic rings. The Balaban J connectivity index is 1.35. The van der Waals surface area contributed by atoms with E-state index in [2.05, 4.69) is 21.7 Å². The van der Waals surface area contributed by atoms with E-state index in [0.717, 1.165) is 25.0 Å². The highest BCUT2D eigenvalue weighted by atomic mass is 16.3. The van der Waals surface area contributed by atoms with Gasteiger partial charge in [0.25, 0.3) is 0 Å². The fraction of sp³-hybridized carbons (Fsp3) is 0.591. The Morgan fingerprint density at radius 3 is 2.56 bits per heavy atom. The van der Waals surface area contributed by atoms with Gasteiger partial charge in [-0.2, -0.15) is 0 Å². The summed E-state index contributed by atoms with van der Waals surface area (Å²) in [7, 11) is 0. The first kappa shape index (κ1) is 16.3. The molecule has 2 heterocycles. The molecular formula is C22H26N2O3. The molecule has 5 heteroatoms. The zero-order valence-corrected chi connectivity index (χ0v) is 15.4. The number of rotatable bonds is 3. The molecule has 4 atom stereocenters. The molecule has 0 spiro atoms. The minimum absolute atomic E-state index is 0.0611. The maximum absolute atomic E-state index is 11.4. The highest BCUT2D eigenvalue weighted by molar-refractivity contribution is 5.68. The first-order valence-electron chi connectivity index (χ1n) is 10.1. The molecule has 5 nitrogen and oxygen atoms in total. The standard InChI is InChI=1S/C22H26N2O3/c25-19(20-6-14-7-21(26,10-20)12-22(27,8-14)11-20)5-17-15-3-1-2-4-16(15)18-9-23-13-24(17)18/h1-4,9,13-14,17,19,25-27H,5-8,10-12H2/t14?,17-,19-,20?,21?,22?/m0/s1. The van der Waals surface area contributed by atoms with Gasteiger partial charge in [0.05, 0.1) is 41.6 Å². The lowest BCUT2D eigenvalue weighted by Gasteiger charge is -2.64. The summed E-state index contributed by atoms with van der Waals surface area (Å²) in [5, 5.41) is 33.5. The fourth-order valence-electron chi connectivity index (χ4n) is 7.42. The number of hydrogen-bond donors (Lipinski definition) is 3. The fourth-order valence-corrected chi connectivity index (χ4v) is 7.42. The smallest absolute Gasteiger partial charge is 0.0956 e. The summed E-state index contributed by atoms with van der Waals surface area (Å²) in [5.41, 5.74) is 1.55. The highest BCUT2D eigenvalue weighted by Crippen LogP contribution is 2.65. The molecule has 5 aliphatic rings. The van der Waals surface area contributed by atoms with Crippen LogP contribution in [-0.4, -0.2) is 42.2 Å². The Morgan fingerprint density at radius 1 is 1.07 bits per heavy atom. The van der Waals surface area contributed by atoms with E-state index in [1.165, 1.54) is 11.1 Å². The minimum Gasteiger partial charge on any atom is -0.392 e. The number of imidazole rings is 1. The van der Waals surface area contributed by atoms with E-state index in [9.17, 15) is 15.3 Å². The van der Waals surface area contributed by atoms with Gasteiger partial charge in [-0.1, -0.05) is 24.3 Å². The topological polar surface area (TPSA) is 78.5 Å². The molecule has 142 valence electrons. The van der Waals surface area contributed by atoms with Crippen molar-refractivity contribution in [1.29, 1.82) is 0 Å². The van der Waals surface area contributed by atoms with Gasteiger partial charge >= 0.3 is 0 Å². The number of aromatic nitrogens is 2. The lowest BCUT2D eigenvalue weighted by Crippen LogP contribution is -2.65. The van der Waals surface area contributed by atoms with Gasteiger partial charge in [-0.15, -0.1) is 0 Å². The normalized spacial score (nSPS) is 42.2.